The van der Waals surface area contributed by atoms with Crippen molar-refractivity contribution >= 4 is 34.5 Å². The third kappa shape index (κ3) is 4.43. The normalized spacial score (nSPS) is 10.5. The van der Waals surface area contributed by atoms with Crippen molar-refractivity contribution in [2.75, 3.05) is 0 Å². The van der Waals surface area contributed by atoms with Crippen molar-refractivity contribution in [3.63, 3.8) is 0 Å². The maximum atomic E-state index is 6.39. The standard InChI is InChI=1S/C21H23Cl2N/c1-5-14(3)21-19(22)11-18(12-20(21)23)15(4)24-13-17-9-7-8-16(6-2)10-17/h7-12,24H,3-6,13H2,1-2H3. The molecule has 0 amide bonds. The van der Waals surface area contributed by atoms with Gasteiger partial charge in [0.15, 0.2) is 0 Å². The van der Waals surface area contributed by atoms with Gasteiger partial charge >= 0.3 is 0 Å². The number of allylic oxidation sites excluding steroid dienone is 1. The second-order valence-corrected chi connectivity index (χ2v) is 6.59. The van der Waals surface area contributed by atoms with E-state index in [1.54, 1.807) is 0 Å². The highest BCUT2D eigenvalue weighted by molar-refractivity contribution is 6.37. The van der Waals surface area contributed by atoms with Gasteiger partial charge in [0.25, 0.3) is 0 Å². The second-order valence-electron chi connectivity index (χ2n) is 5.78. The molecule has 0 saturated heterocycles. The fraction of sp³-hybridized carbons (Fsp3) is 0.238. The Morgan fingerprint density at radius 2 is 1.62 bits per heavy atom. The van der Waals surface area contributed by atoms with Gasteiger partial charge in [0.05, 0.1) is 10.0 Å². The minimum absolute atomic E-state index is 0.611. The van der Waals surface area contributed by atoms with E-state index in [4.69, 9.17) is 23.2 Å². The Morgan fingerprint density at radius 1 is 1.00 bits per heavy atom. The molecule has 1 nitrogen and oxygen atoms in total. The van der Waals surface area contributed by atoms with Crippen LogP contribution in [0.15, 0.2) is 49.6 Å². The number of nitrogens with one attached hydrogen (secondary N) is 1. The Balaban J connectivity index is 2.14. The van der Waals surface area contributed by atoms with Crippen LogP contribution in [0.25, 0.3) is 11.3 Å². The van der Waals surface area contributed by atoms with Gasteiger partial charge in [0.2, 0.25) is 0 Å². The van der Waals surface area contributed by atoms with E-state index in [1.807, 2.05) is 19.1 Å². The van der Waals surface area contributed by atoms with E-state index in [0.717, 1.165) is 35.2 Å². The van der Waals surface area contributed by atoms with Gasteiger partial charge in [-0.05, 0) is 47.2 Å². The van der Waals surface area contributed by atoms with Crippen molar-refractivity contribution in [3.8, 4) is 0 Å². The molecule has 0 saturated carbocycles. The first-order valence-electron chi connectivity index (χ1n) is 8.14. The summed E-state index contributed by atoms with van der Waals surface area (Å²) in [6, 6.07) is 12.3. The average molecular weight is 360 g/mol. The zero-order valence-corrected chi connectivity index (χ0v) is 15.8. The van der Waals surface area contributed by atoms with Crippen LogP contribution in [0.1, 0.15) is 42.5 Å². The molecule has 0 heterocycles. The van der Waals surface area contributed by atoms with Crippen molar-refractivity contribution < 1.29 is 0 Å². The molecule has 0 fully saturated rings. The third-order valence-corrected chi connectivity index (χ3v) is 4.67. The van der Waals surface area contributed by atoms with Gasteiger partial charge in [-0.3, -0.25) is 0 Å². The molecule has 1 N–H and O–H groups in total. The fourth-order valence-corrected chi connectivity index (χ4v) is 3.29. The highest BCUT2D eigenvalue weighted by atomic mass is 35.5. The van der Waals surface area contributed by atoms with Crippen LogP contribution in [0.2, 0.25) is 10.0 Å². The molecule has 0 aliphatic rings. The van der Waals surface area contributed by atoms with Gasteiger partial charge in [0.1, 0.15) is 0 Å². The van der Waals surface area contributed by atoms with Gasteiger partial charge in [0, 0.05) is 17.8 Å². The third-order valence-electron chi connectivity index (χ3n) is 4.08. The summed E-state index contributed by atoms with van der Waals surface area (Å²) < 4.78 is 0. The lowest BCUT2D eigenvalue weighted by Crippen LogP contribution is -2.11. The molecule has 2 rings (SSSR count). The van der Waals surface area contributed by atoms with E-state index in [1.165, 1.54) is 11.1 Å². The molecule has 0 spiro atoms. The highest BCUT2D eigenvalue weighted by Crippen LogP contribution is 2.34. The Hall–Kier alpha value is -1.70. The lowest BCUT2D eigenvalue weighted by molar-refractivity contribution is 0.888. The fourth-order valence-electron chi connectivity index (χ4n) is 2.53. The Kier molecular flexibility index (Phi) is 6.53. The molecule has 0 aromatic heterocycles. The van der Waals surface area contributed by atoms with Crippen LogP contribution in [0.5, 0.6) is 0 Å². The van der Waals surface area contributed by atoms with Crippen LogP contribution in [-0.2, 0) is 13.0 Å². The van der Waals surface area contributed by atoms with E-state index in [0.29, 0.717) is 16.6 Å². The summed E-state index contributed by atoms with van der Waals surface area (Å²) in [5.41, 5.74) is 6.01. The van der Waals surface area contributed by atoms with E-state index in [2.05, 4.69) is 49.7 Å². The summed E-state index contributed by atoms with van der Waals surface area (Å²) in [5, 5.41) is 4.57. The molecule has 3 heteroatoms. The zero-order chi connectivity index (χ0) is 17.7. The lowest BCUT2D eigenvalue weighted by atomic mass is 10.0. The zero-order valence-electron chi connectivity index (χ0n) is 14.3. The number of hydrogen-bond donors (Lipinski definition) is 1. The van der Waals surface area contributed by atoms with Gasteiger partial charge in [-0.1, -0.05) is 74.5 Å². The van der Waals surface area contributed by atoms with Crippen LogP contribution in [0.4, 0.5) is 0 Å². The molecule has 0 radical (unpaired) electrons. The highest BCUT2D eigenvalue weighted by Gasteiger charge is 2.12. The smallest absolute Gasteiger partial charge is 0.0502 e. The van der Waals surface area contributed by atoms with Crippen molar-refractivity contribution in [2.24, 2.45) is 0 Å². The van der Waals surface area contributed by atoms with Crippen LogP contribution in [-0.4, -0.2) is 0 Å². The molecule has 24 heavy (non-hydrogen) atoms. The summed E-state index contributed by atoms with van der Waals surface area (Å²) in [4.78, 5) is 0. The Morgan fingerprint density at radius 3 is 2.21 bits per heavy atom. The first kappa shape index (κ1) is 18.6. The van der Waals surface area contributed by atoms with Crippen molar-refractivity contribution in [3.05, 3.63) is 81.9 Å². The van der Waals surface area contributed by atoms with Gasteiger partial charge in [-0.2, -0.15) is 0 Å². The van der Waals surface area contributed by atoms with Gasteiger partial charge in [-0.25, -0.2) is 0 Å². The van der Waals surface area contributed by atoms with Crippen molar-refractivity contribution in [2.45, 2.75) is 33.2 Å². The number of benzene rings is 2. The summed E-state index contributed by atoms with van der Waals surface area (Å²) in [5.74, 6) is 0. The summed E-state index contributed by atoms with van der Waals surface area (Å²) in [7, 11) is 0. The summed E-state index contributed by atoms with van der Waals surface area (Å²) >= 11 is 12.8. The number of hydrogen-bond acceptors (Lipinski definition) is 1. The topological polar surface area (TPSA) is 12.0 Å². The molecule has 0 bridgehead atoms. The first-order valence-corrected chi connectivity index (χ1v) is 8.90. The van der Waals surface area contributed by atoms with Crippen LogP contribution in [0.3, 0.4) is 0 Å². The maximum absolute atomic E-state index is 6.39. The Labute approximate surface area is 155 Å². The van der Waals surface area contributed by atoms with Crippen molar-refractivity contribution in [1.82, 2.24) is 5.32 Å². The molecular formula is C21H23Cl2N. The van der Waals surface area contributed by atoms with Gasteiger partial charge < -0.3 is 5.32 Å². The van der Waals surface area contributed by atoms with Gasteiger partial charge in [-0.15, -0.1) is 0 Å². The number of aryl methyl sites for hydroxylation is 1. The monoisotopic (exact) mass is 359 g/mol. The van der Waals surface area contributed by atoms with E-state index < -0.39 is 0 Å². The SMILES string of the molecule is C=C(NCc1cccc(CC)c1)c1cc(Cl)c(C(=C)CC)c(Cl)c1. The molecule has 0 aliphatic carbocycles. The quantitative estimate of drug-likeness (QED) is 0.576. The van der Waals surface area contributed by atoms with Crippen molar-refractivity contribution in [1.29, 1.82) is 0 Å². The minimum atomic E-state index is 0.611. The number of rotatable bonds is 7. The van der Waals surface area contributed by atoms with E-state index in [9.17, 15) is 0 Å². The maximum Gasteiger partial charge on any atom is 0.0502 e. The molecule has 2 aromatic rings. The van der Waals surface area contributed by atoms with E-state index in [-0.39, 0.29) is 0 Å². The van der Waals surface area contributed by atoms with E-state index >= 15 is 0 Å². The van der Waals surface area contributed by atoms with Crippen LogP contribution in [0, 0.1) is 0 Å². The molecule has 2 aromatic carbocycles. The molecule has 126 valence electrons. The largest absolute Gasteiger partial charge is 0.381 e. The minimum Gasteiger partial charge on any atom is -0.381 e. The first-order chi connectivity index (χ1) is 11.5. The molecule has 0 aliphatic heterocycles. The van der Waals surface area contributed by atoms with Crippen LogP contribution >= 0.6 is 23.2 Å². The average Bonchev–Trinajstić information content (AvgIpc) is 2.58. The summed E-state index contributed by atoms with van der Waals surface area (Å²) in [6.45, 7) is 13.0. The predicted molar refractivity (Wildman–Crippen MR) is 107 cm³/mol. The predicted octanol–water partition coefficient (Wildman–Crippen LogP) is 6.74. The summed E-state index contributed by atoms with van der Waals surface area (Å²) in [6.07, 6.45) is 1.84. The number of halogens is 2. The second kappa shape index (κ2) is 8.41. The molecule has 0 unspecified atom stereocenters. The Bertz CT molecular complexity index is 739. The van der Waals surface area contributed by atoms with Crippen LogP contribution < -0.4 is 5.32 Å². The molecule has 0 atom stereocenters. The lowest BCUT2D eigenvalue weighted by Gasteiger charge is -2.14. The molecular weight excluding hydrogens is 337 g/mol.